The molecule has 0 saturated carbocycles. The Morgan fingerprint density at radius 3 is 3.08 bits per heavy atom. The minimum atomic E-state index is -1.19. The van der Waals surface area contributed by atoms with Crippen LogP contribution in [0.25, 0.3) is 0 Å². The summed E-state index contributed by atoms with van der Waals surface area (Å²) in [6.07, 6.45) is 0.442. The summed E-state index contributed by atoms with van der Waals surface area (Å²) in [5.41, 5.74) is 0.452. The van der Waals surface area contributed by atoms with Crippen LogP contribution in [-0.4, -0.2) is 22.7 Å². The molecule has 2 N–H and O–H groups in total. The molecule has 4 nitrogen and oxygen atoms in total. The number of carbonyl (C=O) groups is 1. The highest BCUT2D eigenvalue weighted by Gasteiger charge is 2.18. The number of hydrogen-bond donors (Lipinski definition) is 2. The largest absolute Gasteiger partial charge is 0.464 e. The number of aliphatic hydroxyl groups is 1. The van der Waals surface area contributed by atoms with Crippen molar-refractivity contribution in [3.8, 4) is 0 Å². The van der Waals surface area contributed by atoms with Gasteiger partial charge in [0, 0.05) is 6.20 Å². The second-order valence-corrected chi connectivity index (χ2v) is 2.28. The van der Waals surface area contributed by atoms with Gasteiger partial charge in [-0.05, 0) is 19.1 Å². The maximum absolute atomic E-state index is 10.9. The summed E-state index contributed by atoms with van der Waals surface area (Å²) >= 11 is 0. The molecule has 0 bridgehead atoms. The van der Waals surface area contributed by atoms with Crippen LogP contribution in [0.4, 0.5) is 0 Å². The van der Waals surface area contributed by atoms with Crippen molar-refractivity contribution >= 4 is 5.97 Å². The summed E-state index contributed by atoms with van der Waals surface area (Å²) in [6, 6.07) is 3.33. The zero-order chi connectivity index (χ0) is 8.97. The van der Waals surface area contributed by atoms with E-state index >= 15 is 0 Å². The number of aromatic nitrogens is 1. The zero-order valence-corrected chi connectivity index (χ0v) is 6.78. The second kappa shape index (κ2) is 3.92. The molecule has 0 saturated heterocycles. The number of aromatic amines is 1. The molecule has 4 heteroatoms. The molecule has 66 valence electrons. The smallest absolute Gasteiger partial charge is 0.341 e. The topological polar surface area (TPSA) is 62.3 Å². The normalized spacial score (nSPS) is 12.5. The molecule has 1 atom stereocenters. The minimum Gasteiger partial charge on any atom is -0.464 e. The van der Waals surface area contributed by atoms with Gasteiger partial charge in [-0.1, -0.05) is 0 Å². The highest BCUT2D eigenvalue weighted by molar-refractivity contribution is 5.75. The summed E-state index contributed by atoms with van der Waals surface area (Å²) in [5.74, 6) is -0.625. The van der Waals surface area contributed by atoms with E-state index in [1.807, 2.05) is 0 Å². The molecule has 1 rings (SSSR count). The van der Waals surface area contributed by atoms with Crippen molar-refractivity contribution in [3.63, 3.8) is 0 Å². The van der Waals surface area contributed by atoms with Gasteiger partial charge in [0.2, 0.25) is 0 Å². The molecule has 1 aromatic rings. The first-order valence-electron chi connectivity index (χ1n) is 3.73. The van der Waals surface area contributed by atoms with E-state index in [-0.39, 0.29) is 6.61 Å². The standard InChI is InChI=1S/C8H11NO3/c1-2-12-8(11)7(10)6-4-3-5-9-6/h3-5,7,9-10H,2H2,1H3. The van der Waals surface area contributed by atoms with E-state index < -0.39 is 12.1 Å². The monoisotopic (exact) mass is 169 g/mol. The van der Waals surface area contributed by atoms with Crippen LogP contribution < -0.4 is 0 Å². The summed E-state index contributed by atoms with van der Waals surface area (Å²) < 4.78 is 4.62. The van der Waals surface area contributed by atoms with Gasteiger partial charge in [0.15, 0.2) is 6.10 Å². The number of carbonyl (C=O) groups excluding carboxylic acids is 1. The molecule has 1 aromatic heterocycles. The van der Waals surface area contributed by atoms with Crippen molar-refractivity contribution in [2.24, 2.45) is 0 Å². The van der Waals surface area contributed by atoms with Crippen molar-refractivity contribution in [2.45, 2.75) is 13.0 Å². The van der Waals surface area contributed by atoms with Gasteiger partial charge in [-0.25, -0.2) is 4.79 Å². The predicted molar refractivity (Wildman–Crippen MR) is 42.4 cm³/mol. The Bertz CT molecular complexity index is 243. The third-order valence-electron chi connectivity index (χ3n) is 1.43. The summed E-state index contributed by atoms with van der Waals surface area (Å²) in [7, 11) is 0. The van der Waals surface area contributed by atoms with Crippen molar-refractivity contribution in [1.29, 1.82) is 0 Å². The molecule has 1 unspecified atom stereocenters. The van der Waals surface area contributed by atoms with Gasteiger partial charge >= 0.3 is 5.97 Å². The Hall–Kier alpha value is -1.29. The SMILES string of the molecule is CCOC(=O)C(O)c1ccc[nH]1. The van der Waals surface area contributed by atoms with E-state index in [0.717, 1.165) is 0 Å². The van der Waals surface area contributed by atoms with Gasteiger partial charge in [0.1, 0.15) is 0 Å². The van der Waals surface area contributed by atoms with Gasteiger partial charge in [-0.15, -0.1) is 0 Å². The van der Waals surface area contributed by atoms with Gasteiger partial charge in [-0.2, -0.15) is 0 Å². The highest BCUT2D eigenvalue weighted by Crippen LogP contribution is 2.10. The third-order valence-corrected chi connectivity index (χ3v) is 1.43. The molecule has 0 fully saturated rings. The molecule has 0 radical (unpaired) electrons. The maximum Gasteiger partial charge on any atom is 0.341 e. The molecule has 0 aliphatic heterocycles. The summed E-state index contributed by atoms with van der Waals surface area (Å²) in [5, 5.41) is 9.30. The van der Waals surface area contributed by atoms with Crippen LogP contribution in [0.5, 0.6) is 0 Å². The Morgan fingerprint density at radius 1 is 1.83 bits per heavy atom. The van der Waals surface area contributed by atoms with Crippen molar-refractivity contribution < 1.29 is 14.6 Å². The summed E-state index contributed by atoms with van der Waals surface area (Å²) in [6.45, 7) is 1.97. The Balaban J connectivity index is 2.59. The molecule has 1 heterocycles. The fourth-order valence-corrected chi connectivity index (χ4v) is 0.862. The lowest BCUT2D eigenvalue weighted by atomic mass is 10.3. The van der Waals surface area contributed by atoms with E-state index in [1.165, 1.54) is 0 Å². The molecule has 0 amide bonds. The van der Waals surface area contributed by atoms with Crippen LogP contribution >= 0.6 is 0 Å². The molecule has 12 heavy (non-hydrogen) atoms. The number of nitrogens with one attached hydrogen (secondary N) is 1. The maximum atomic E-state index is 10.9. The molecule has 0 aliphatic rings. The zero-order valence-electron chi connectivity index (χ0n) is 6.78. The third kappa shape index (κ3) is 1.85. The van der Waals surface area contributed by atoms with Gasteiger partial charge in [0.25, 0.3) is 0 Å². The average Bonchev–Trinajstić information content (AvgIpc) is 2.55. The number of rotatable bonds is 3. The van der Waals surface area contributed by atoms with Crippen molar-refractivity contribution in [2.75, 3.05) is 6.61 Å². The average molecular weight is 169 g/mol. The Morgan fingerprint density at radius 2 is 2.58 bits per heavy atom. The number of aliphatic hydroxyl groups excluding tert-OH is 1. The number of H-pyrrole nitrogens is 1. The second-order valence-electron chi connectivity index (χ2n) is 2.28. The molecular formula is C8H11NO3. The number of hydrogen-bond acceptors (Lipinski definition) is 3. The van der Waals surface area contributed by atoms with E-state index in [9.17, 15) is 9.90 Å². The summed E-state index contributed by atoms with van der Waals surface area (Å²) in [4.78, 5) is 13.7. The van der Waals surface area contributed by atoms with E-state index in [4.69, 9.17) is 0 Å². The fraction of sp³-hybridized carbons (Fsp3) is 0.375. The van der Waals surface area contributed by atoms with E-state index in [1.54, 1.807) is 25.3 Å². The van der Waals surface area contributed by atoms with E-state index in [2.05, 4.69) is 9.72 Å². The Kier molecular flexibility index (Phi) is 2.88. The van der Waals surface area contributed by atoms with Gasteiger partial charge in [0.05, 0.1) is 12.3 Å². The molecule has 0 aliphatic carbocycles. The predicted octanol–water partition coefficient (Wildman–Crippen LogP) is 0.611. The minimum absolute atomic E-state index is 0.274. The molecular weight excluding hydrogens is 158 g/mol. The lowest BCUT2D eigenvalue weighted by Gasteiger charge is -2.06. The molecule has 0 spiro atoms. The first-order valence-corrected chi connectivity index (χ1v) is 3.73. The first kappa shape index (κ1) is 8.80. The quantitative estimate of drug-likeness (QED) is 0.652. The molecule has 0 aromatic carbocycles. The van der Waals surface area contributed by atoms with Crippen LogP contribution in [0.3, 0.4) is 0 Å². The number of esters is 1. The fourth-order valence-electron chi connectivity index (χ4n) is 0.862. The Labute approximate surface area is 70.2 Å². The lowest BCUT2D eigenvalue weighted by molar-refractivity contribution is -0.153. The van der Waals surface area contributed by atoms with Crippen LogP contribution in [0.2, 0.25) is 0 Å². The van der Waals surface area contributed by atoms with Crippen LogP contribution in [-0.2, 0) is 9.53 Å². The van der Waals surface area contributed by atoms with Crippen LogP contribution in [0, 0.1) is 0 Å². The lowest BCUT2D eigenvalue weighted by Crippen LogP contribution is -2.15. The highest BCUT2D eigenvalue weighted by atomic mass is 16.5. The van der Waals surface area contributed by atoms with Gasteiger partial charge in [-0.3, -0.25) is 0 Å². The number of ether oxygens (including phenoxy) is 1. The first-order chi connectivity index (χ1) is 5.75. The van der Waals surface area contributed by atoms with Crippen LogP contribution in [0.15, 0.2) is 18.3 Å². The van der Waals surface area contributed by atoms with E-state index in [0.29, 0.717) is 5.69 Å². The van der Waals surface area contributed by atoms with Crippen LogP contribution in [0.1, 0.15) is 18.7 Å². The van der Waals surface area contributed by atoms with Crippen molar-refractivity contribution in [1.82, 2.24) is 4.98 Å². The van der Waals surface area contributed by atoms with Crippen molar-refractivity contribution in [3.05, 3.63) is 24.0 Å². The van der Waals surface area contributed by atoms with Gasteiger partial charge < -0.3 is 14.8 Å².